The summed E-state index contributed by atoms with van der Waals surface area (Å²) in [6, 6.07) is 17.6. The zero-order valence-electron chi connectivity index (χ0n) is 23.5. The standard InChI is InChI=1S/C31H30Cl2N6O3S/c1-37-29(21-4-2-20(3-5-21)15-34-19-40)27-28(36-37)30(41)39(18-35-27)17-31(42)10-12-38(13-11-31)16-23-7-6-22(14-24(23)32)25-8-9-26(33)43-25/h2-9,14,18-19,42H,10-13,15-17H2,1H3,(H,34,40). The van der Waals surface area contributed by atoms with Crippen molar-refractivity contribution in [3.05, 3.63) is 91.8 Å². The quantitative estimate of drug-likeness (QED) is 0.218. The Morgan fingerprint density at radius 3 is 2.47 bits per heavy atom. The predicted molar refractivity (Wildman–Crippen MR) is 170 cm³/mol. The van der Waals surface area contributed by atoms with E-state index in [1.165, 1.54) is 22.2 Å². The summed E-state index contributed by atoms with van der Waals surface area (Å²) in [7, 11) is 1.78. The molecule has 3 aromatic heterocycles. The molecule has 0 bridgehead atoms. The topological polar surface area (TPSA) is 105 Å². The number of aliphatic hydroxyl groups is 1. The maximum absolute atomic E-state index is 13.5. The molecular formula is C31H30Cl2N6O3S. The second-order valence-corrected chi connectivity index (χ2v) is 13.1. The van der Waals surface area contributed by atoms with Gasteiger partial charge in [0.05, 0.1) is 28.5 Å². The highest BCUT2D eigenvalue weighted by atomic mass is 35.5. The van der Waals surface area contributed by atoms with E-state index < -0.39 is 5.60 Å². The fraction of sp³-hybridized carbons (Fsp3) is 0.290. The van der Waals surface area contributed by atoms with Crippen molar-refractivity contribution in [2.75, 3.05) is 13.1 Å². The molecule has 43 heavy (non-hydrogen) atoms. The molecule has 1 fully saturated rings. The van der Waals surface area contributed by atoms with E-state index in [9.17, 15) is 14.7 Å². The third-order valence-electron chi connectivity index (χ3n) is 7.98. The molecule has 1 aliphatic heterocycles. The Labute approximate surface area is 262 Å². The van der Waals surface area contributed by atoms with Crippen LogP contribution in [0.3, 0.4) is 0 Å². The lowest BCUT2D eigenvalue weighted by Crippen LogP contribution is -2.47. The smallest absolute Gasteiger partial charge is 0.281 e. The molecule has 2 N–H and O–H groups in total. The first-order valence-electron chi connectivity index (χ1n) is 13.9. The number of nitrogens with one attached hydrogen (secondary N) is 1. The average Bonchev–Trinajstić information content (AvgIpc) is 3.59. The number of nitrogens with zero attached hydrogens (tertiary/aromatic N) is 5. The van der Waals surface area contributed by atoms with E-state index in [0.717, 1.165) is 37.2 Å². The van der Waals surface area contributed by atoms with Crippen LogP contribution in [0.1, 0.15) is 24.0 Å². The fourth-order valence-corrected chi connectivity index (χ4v) is 6.89. The van der Waals surface area contributed by atoms with Crippen molar-refractivity contribution >= 4 is 52.0 Å². The summed E-state index contributed by atoms with van der Waals surface area (Å²) in [5, 5.41) is 19.3. The number of thiophene rings is 1. The molecule has 2 aromatic carbocycles. The number of carbonyl (C=O) groups is 1. The molecule has 1 amide bonds. The Bertz CT molecular complexity index is 1840. The maximum atomic E-state index is 13.5. The zero-order chi connectivity index (χ0) is 30.1. The lowest BCUT2D eigenvalue weighted by molar-refractivity contribution is -0.109. The maximum Gasteiger partial charge on any atom is 0.281 e. The van der Waals surface area contributed by atoms with Crippen molar-refractivity contribution < 1.29 is 9.90 Å². The molecule has 0 aliphatic carbocycles. The van der Waals surface area contributed by atoms with Crippen molar-refractivity contribution in [3.63, 3.8) is 0 Å². The number of hydrogen-bond donors (Lipinski definition) is 2. The predicted octanol–water partition coefficient (Wildman–Crippen LogP) is 5.11. The summed E-state index contributed by atoms with van der Waals surface area (Å²) >= 11 is 14.2. The van der Waals surface area contributed by atoms with Gasteiger partial charge in [0, 0.05) is 48.7 Å². The number of fused-ring (bicyclic) bond motifs is 1. The number of piperidine rings is 1. The molecule has 5 aromatic rings. The van der Waals surface area contributed by atoms with E-state index in [4.69, 9.17) is 23.2 Å². The van der Waals surface area contributed by atoms with Crippen LogP contribution >= 0.6 is 34.5 Å². The minimum Gasteiger partial charge on any atom is -0.388 e. The van der Waals surface area contributed by atoms with Crippen LogP contribution in [0.15, 0.2) is 65.7 Å². The minimum atomic E-state index is -1.04. The Morgan fingerprint density at radius 1 is 1.05 bits per heavy atom. The van der Waals surface area contributed by atoms with E-state index in [-0.39, 0.29) is 17.6 Å². The monoisotopic (exact) mass is 636 g/mol. The largest absolute Gasteiger partial charge is 0.388 e. The van der Waals surface area contributed by atoms with Gasteiger partial charge in [-0.1, -0.05) is 59.6 Å². The van der Waals surface area contributed by atoms with Crippen LogP contribution in [0.5, 0.6) is 0 Å². The lowest BCUT2D eigenvalue weighted by Gasteiger charge is -2.38. The molecule has 0 unspecified atom stereocenters. The molecular weight excluding hydrogens is 607 g/mol. The Balaban J connectivity index is 1.13. The van der Waals surface area contributed by atoms with Gasteiger partial charge in [-0.3, -0.25) is 23.7 Å². The van der Waals surface area contributed by atoms with Crippen LogP contribution < -0.4 is 10.9 Å². The van der Waals surface area contributed by atoms with Crippen LogP contribution in [0, 0.1) is 0 Å². The molecule has 12 heteroatoms. The number of hydrogen-bond acceptors (Lipinski definition) is 7. The average molecular weight is 638 g/mol. The minimum absolute atomic E-state index is 0.145. The van der Waals surface area contributed by atoms with Crippen molar-refractivity contribution in [3.8, 4) is 21.7 Å². The molecule has 222 valence electrons. The highest BCUT2D eigenvalue weighted by molar-refractivity contribution is 7.19. The number of halogens is 2. The molecule has 6 rings (SSSR count). The van der Waals surface area contributed by atoms with Gasteiger partial charge < -0.3 is 10.4 Å². The molecule has 1 aliphatic rings. The molecule has 0 saturated carbocycles. The number of rotatable bonds is 9. The summed E-state index contributed by atoms with van der Waals surface area (Å²) < 4.78 is 3.86. The zero-order valence-corrected chi connectivity index (χ0v) is 25.8. The van der Waals surface area contributed by atoms with Gasteiger partial charge in [-0.05, 0) is 47.7 Å². The third-order valence-corrected chi connectivity index (χ3v) is 9.62. The van der Waals surface area contributed by atoms with Gasteiger partial charge in [0.15, 0.2) is 5.52 Å². The van der Waals surface area contributed by atoms with Crippen molar-refractivity contribution in [1.82, 2.24) is 29.5 Å². The first-order valence-corrected chi connectivity index (χ1v) is 15.5. The summed E-state index contributed by atoms with van der Waals surface area (Å²) in [6.07, 6.45) is 3.20. The Kier molecular flexibility index (Phi) is 8.39. The third kappa shape index (κ3) is 6.25. The number of aryl methyl sites for hydroxylation is 1. The van der Waals surface area contributed by atoms with E-state index in [0.29, 0.717) is 56.0 Å². The summed E-state index contributed by atoms with van der Waals surface area (Å²) in [5.41, 5.74) is 4.06. The van der Waals surface area contributed by atoms with Gasteiger partial charge >= 0.3 is 0 Å². The van der Waals surface area contributed by atoms with Crippen molar-refractivity contribution in [2.24, 2.45) is 7.05 Å². The summed E-state index contributed by atoms with van der Waals surface area (Å²) in [5.74, 6) is 0. The lowest BCUT2D eigenvalue weighted by atomic mass is 9.91. The van der Waals surface area contributed by atoms with Gasteiger partial charge in [-0.15, -0.1) is 11.3 Å². The number of aromatic nitrogens is 4. The van der Waals surface area contributed by atoms with Crippen LogP contribution in [0.2, 0.25) is 9.36 Å². The fourth-order valence-electron chi connectivity index (χ4n) is 5.61. The van der Waals surface area contributed by atoms with Gasteiger partial charge in [0.2, 0.25) is 6.41 Å². The Morgan fingerprint density at radius 2 is 1.79 bits per heavy atom. The van der Waals surface area contributed by atoms with Gasteiger partial charge in [-0.25, -0.2) is 4.98 Å². The first-order chi connectivity index (χ1) is 20.7. The highest BCUT2D eigenvalue weighted by Gasteiger charge is 2.33. The number of likely N-dealkylation sites (tertiary alicyclic amines) is 1. The van der Waals surface area contributed by atoms with E-state index in [1.807, 2.05) is 48.5 Å². The molecule has 1 saturated heterocycles. The van der Waals surface area contributed by atoms with Crippen LogP contribution in [0.25, 0.3) is 32.7 Å². The summed E-state index contributed by atoms with van der Waals surface area (Å²) in [4.78, 5) is 32.0. The molecule has 0 atom stereocenters. The number of carbonyl (C=O) groups excluding carboxylic acids is 1. The van der Waals surface area contributed by atoms with Crippen LogP contribution in [-0.4, -0.2) is 54.4 Å². The molecule has 4 heterocycles. The van der Waals surface area contributed by atoms with Crippen molar-refractivity contribution in [1.29, 1.82) is 0 Å². The number of benzene rings is 2. The van der Waals surface area contributed by atoms with Crippen LogP contribution in [-0.2, 0) is 31.5 Å². The SMILES string of the molecule is Cn1nc2c(=O)n(CC3(O)CCN(Cc4ccc(-c5ccc(Cl)s5)cc4Cl)CC3)cnc2c1-c1ccc(CNC=O)cc1. The normalized spacial score (nSPS) is 15.2. The first kappa shape index (κ1) is 29.5. The summed E-state index contributed by atoms with van der Waals surface area (Å²) in [6.45, 7) is 2.61. The van der Waals surface area contributed by atoms with Gasteiger partial charge in [-0.2, -0.15) is 5.10 Å². The highest BCUT2D eigenvalue weighted by Crippen LogP contribution is 2.34. The van der Waals surface area contributed by atoms with Gasteiger partial charge in [0.1, 0.15) is 5.52 Å². The van der Waals surface area contributed by atoms with E-state index >= 15 is 0 Å². The second kappa shape index (κ2) is 12.2. The van der Waals surface area contributed by atoms with Gasteiger partial charge in [0.25, 0.3) is 5.56 Å². The van der Waals surface area contributed by atoms with Crippen molar-refractivity contribution in [2.45, 2.75) is 38.1 Å². The molecule has 0 spiro atoms. The van der Waals surface area contributed by atoms with E-state index in [2.05, 4.69) is 26.4 Å². The number of amides is 1. The van der Waals surface area contributed by atoms with Crippen LogP contribution in [0.4, 0.5) is 0 Å². The van der Waals surface area contributed by atoms with E-state index in [1.54, 1.807) is 11.7 Å². The molecule has 0 radical (unpaired) electrons. The Hall–Kier alpha value is -3.54. The second-order valence-electron chi connectivity index (χ2n) is 11.0. The molecule has 9 nitrogen and oxygen atoms in total.